The molecule has 1 aliphatic rings. The lowest BCUT2D eigenvalue weighted by Gasteiger charge is -2.18. The van der Waals surface area contributed by atoms with Crippen LogP contribution < -0.4 is 5.56 Å². The molecule has 0 spiro atoms. The van der Waals surface area contributed by atoms with Crippen LogP contribution >= 0.6 is 0 Å². The van der Waals surface area contributed by atoms with Crippen LogP contribution in [0, 0.1) is 5.92 Å². The van der Waals surface area contributed by atoms with Crippen molar-refractivity contribution in [2.24, 2.45) is 5.92 Å². The molecule has 1 unspecified atom stereocenters. The number of fused-ring (bicyclic) bond motifs is 1. The third kappa shape index (κ3) is 1.83. The molecule has 1 aliphatic heterocycles. The first-order valence-electron chi connectivity index (χ1n) is 5.49. The van der Waals surface area contributed by atoms with Crippen LogP contribution in [0.25, 0.3) is 0 Å². The van der Waals surface area contributed by atoms with Gasteiger partial charge in [-0.2, -0.15) is 0 Å². The zero-order chi connectivity index (χ0) is 11.2. The first-order chi connectivity index (χ1) is 6.88. The quantitative estimate of drug-likeness (QED) is 0.648. The Kier molecular flexibility index (Phi) is 2.21. The maximum atomic E-state index is 11.8. The van der Waals surface area contributed by atoms with Gasteiger partial charge < -0.3 is 0 Å². The molecule has 0 saturated carbocycles. The molecule has 3 heteroatoms. The molecule has 3 nitrogen and oxygen atoms in total. The number of nitrogens with zero attached hydrogens (tertiary/aromatic N) is 2. The Bertz CT molecular complexity index is 440. The molecule has 1 aromatic rings. The highest BCUT2D eigenvalue weighted by atomic mass is 16.1. The van der Waals surface area contributed by atoms with Crippen LogP contribution in [0.2, 0.25) is 0 Å². The van der Waals surface area contributed by atoms with Crippen molar-refractivity contribution in [1.29, 1.82) is 0 Å². The summed E-state index contributed by atoms with van der Waals surface area (Å²) in [5.41, 5.74) is 0.975. The number of hydrogen-bond donors (Lipinski definition) is 0. The van der Waals surface area contributed by atoms with E-state index in [-0.39, 0.29) is 11.0 Å². The van der Waals surface area contributed by atoms with Crippen molar-refractivity contribution in [3.8, 4) is 0 Å². The zero-order valence-electron chi connectivity index (χ0n) is 9.87. The first-order valence-corrected chi connectivity index (χ1v) is 5.49. The lowest BCUT2D eigenvalue weighted by molar-refractivity contribution is 0.546. The lowest BCUT2D eigenvalue weighted by Crippen LogP contribution is -2.25. The third-order valence-electron chi connectivity index (χ3n) is 2.88. The van der Waals surface area contributed by atoms with Crippen molar-refractivity contribution < 1.29 is 0 Å². The molecular weight excluding hydrogens is 188 g/mol. The minimum absolute atomic E-state index is 0.0411. The summed E-state index contributed by atoms with van der Waals surface area (Å²) in [4.78, 5) is 16.4. The third-order valence-corrected chi connectivity index (χ3v) is 2.88. The van der Waals surface area contributed by atoms with E-state index in [9.17, 15) is 4.79 Å². The predicted octanol–water partition coefficient (Wildman–Crippen LogP) is 1.73. The van der Waals surface area contributed by atoms with Crippen LogP contribution in [-0.2, 0) is 18.4 Å². The van der Waals surface area contributed by atoms with Gasteiger partial charge in [0.05, 0.1) is 5.69 Å². The van der Waals surface area contributed by atoms with Crippen molar-refractivity contribution in [2.45, 2.75) is 46.1 Å². The summed E-state index contributed by atoms with van der Waals surface area (Å²) in [6.07, 6.45) is 0.930. The van der Waals surface area contributed by atoms with Gasteiger partial charge in [0.25, 0.3) is 5.56 Å². The molecule has 15 heavy (non-hydrogen) atoms. The fraction of sp³-hybridized carbons (Fsp3) is 0.667. The maximum Gasteiger partial charge on any atom is 0.253 e. The molecular formula is C12H18N2O. The highest BCUT2D eigenvalue weighted by molar-refractivity contribution is 5.15. The molecule has 0 saturated heterocycles. The second-order valence-corrected chi connectivity index (χ2v) is 5.57. The Labute approximate surface area is 90.2 Å². The molecule has 2 heterocycles. The zero-order valence-corrected chi connectivity index (χ0v) is 9.87. The van der Waals surface area contributed by atoms with Gasteiger partial charge in [0.1, 0.15) is 5.82 Å². The van der Waals surface area contributed by atoms with Crippen molar-refractivity contribution in [2.75, 3.05) is 0 Å². The highest BCUT2D eigenvalue weighted by Crippen LogP contribution is 2.22. The molecule has 82 valence electrons. The summed E-state index contributed by atoms with van der Waals surface area (Å²) in [5.74, 6) is 1.50. The van der Waals surface area contributed by atoms with Crippen molar-refractivity contribution in [3.63, 3.8) is 0 Å². The molecule has 0 N–H and O–H groups in total. The highest BCUT2D eigenvalue weighted by Gasteiger charge is 2.24. The van der Waals surface area contributed by atoms with Crippen molar-refractivity contribution in [1.82, 2.24) is 9.55 Å². The molecule has 0 fully saturated rings. The van der Waals surface area contributed by atoms with Crippen LogP contribution in [0.3, 0.4) is 0 Å². The van der Waals surface area contributed by atoms with E-state index in [1.807, 2.05) is 0 Å². The van der Waals surface area contributed by atoms with Gasteiger partial charge in [0, 0.05) is 24.4 Å². The number of rotatable bonds is 0. The Balaban J connectivity index is 2.54. The van der Waals surface area contributed by atoms with Crippen LogP contribution in [0.1, 0.15) is 39.2 Å². The average molecular weight is 206 g/mol. The van der Waals surface area contributed by atoms with E-state index in [0.29, 0.717) is 5.92 Å². The lowest BCUT2D eigenvalue weighted by atomic mass is 9.92. The van der Waals surface area contributed by atoms with E-state index < -0.39 is 0 Å². The first kappa shape index (κ1) is 10.4. The Morgan fingerprint density at radius 2 is 2.13 bits per heavy atom. The SMILES string of the molecule is CC1Cc2nc(C(C)(C)C)cc(=O)n2C1. The predicted molar refractivity (Wildman–Crippen MR) is 60.1 cm³/mol. The maximum absolute atomic E-state index is 11.8. The van der Waals surface area contributed by atoms with Gasteiger partial charge in [-0.25, -0.2) is 4.98 Å². The molecule has 0 bridgehead atoms. The van der Waals surface area contributed by atoms with Crippen LogP contribution in [-0.4, -0.2) is 9.55 Å². The largest absolute Gasteiger partial charge is 0.296 e. The van der Waals surface area contributed by atoms with E-state index in [4.69, 9.17) is 0 Å². The molecule has 0 amide bonds. The minimum atomic E-state index is -0.0411. The van der Waals surface area contributed by atoms with Gasteiger partial charge in [-0.05, 0) is 5.92 Å². The standard InChI is InChI=1S/C12H18N2O/c1-8-5-10-13-9(12(2,3)4)6-11(15)14(10)7-8/h6,8H,5,7H2,1-4H3. The van der Waals surface area contributed by atoms with Crippen LogP contribution in [0.15, 0.2) is 10.9 Å². The second kappa shape index (κ2) is 3.19. The second-order valence-electron chi connectivity index (χ2n) is 5.57. The average Bonchev–Trinajstić information content (AvgIpc) is 2.44. The molecule has 0 aliphatic carbocycles. The fourth-order valence-corrected chi connectivity index (χ4v) is 1.98. The smallest absolute Gasteiger partial charge is 0.253 e. The van der Waals surface area contributed by atoms with Gasteiger partial charge in [-0.15, -0.1) is 0 Å². The Morgan fingerprint density at radius 3 is 2.73 bits per heavy atom. The Morgan fingerprint density at radius 1 is 1.47 bits per heavy atom. The van der Waals surface area contributed by atoms with E-state index >= 15 is 0 Å². The molecule has 2 rings (SSSR count). The number of hydrogen-bond acceptors (Lipinski definition) is 2. The van der Waals surface area contributed by atoms with Gasteiger partial charge in [-0.3, -0.25) is 9.36 Å². The fourth-order valence-electron chi connectivity index (χ4n) is 1.98. The van der Waals surface area contributed by atoms with Crippen molar-refractivity contribution in [3.05, 3.63) is 27.9 Å². The summed E-state index contributed by atoms with van der Waals surface area (Å²) in [6.45, 7) is 9.25. The van der Waals surface area contributed by atoms with Gasteiger partial charge in [0.15, 0.2) is 0 Å². The molecule has 1 aromatic heterocycles. The summed E-state index contributed by atoms with van der Waals surface area (Å²) in [6, 6.07) is 1.68. The van der Waals surface area contributed by atoms with Crippen molar-refractivity contribution >= 4 is 0 Å². The van der Waals surface area contributed by atoms with Gasteiger partial charge in [0.2, 0.25) is 0 Å². The monoisotopic (exact) mass is 206 g/mol. The summed E-state index contributed by atoms with van der Waals surface area (Å²) >= 11 is 0. The minimum Gasteiger partial charge on any atom is -0.296 e. The molecule has 0 aromatic carbocycles. The summed E-state index contributed by atoms with van der Waals surface area (Å²) in [5, 5.41) is 0. The van der Waals surface area contributed by atoms with Gasteiger partial charge in [-0.1, -0.05) is 27.7 Å². The number of aromatic nitrogens is 2. The topological polar surface area (TPSA) is 34.9 Å². The summed E-state index contributed by atoms with van der Waals surface area (Å²) in [7, 11) is 0. The van der Waals surface area contributed by atoms with E-state index in [1.165, 1.54) is 0 Å². The summed E-state index contributed by atoms with van der Waals surface area (Å²) < 4.78 is 1.81. The Hall–Kier alpha value is -1.12. The van der Waals surface area contributed by atoms with E-state index in [2.05, 4.69) is 32.7 Å². The van der Waals surface area contributed by atoms with Gasteiger partial charge >= 0.3 is 0 Å². The molecule has 0 radical (unpaired) electrons. The van der Waals surface area contributed by atoms with Crippen LogP contribution in [0.4, 0.5) is 0 Å². The van der Waals surface area contributed by atoms with E-state index in [1.54, 1.807) is 10.6 Å². The normalized spacial score (nSPS) is 20.4. The van der Waals surface area contributed by atoms with E-state index in [0.717, 1.165) is 24.5 Å². The van der Waals surface area contributed by atoms with Crippen LogP contribution in [0.5, 0.6) is 0 Å². The molecule has 1 atom stereocenters.